The summed E-state index contributed by atoms with van der Waals surface area (Å²) in [6, 6.07) is 6.92. The number of anilines is 1. The van der Waals surface area contributed by atoms with Crippen molar-refractivity contribution >= 4 is 17.6 Å². The Labute approximate surface area is 137 Å². The van der Waals surface area contributed by atoms with E-state index in [9.17, 15) is 9.59 Å². The van der Waals surface area contributed by atoms with Gasteiger partial charge in [0.25, 0.3) is 5.91 Å². The summed E-state index contributed by atoms with van der Waals surface area (Å²) in [4.78, 5) is 28.0. The van der Waals surface area contributed by atoms with E-state index in [1.165, 1.54) is 12.5 Å². The van der Waals surface area contributed by atoms with Crippen molar-refractivity contribution in [2.45, 2.75) is 0 Å². The van der Waals surface area contributed by atoms with Crippen molar-refractivity contribution in [1.29, 1.82) is 0 Å². The first-order valence-corrected chi connectivity index (χ1v) is 7.18. The molecule has 0 aliphatic carbocycles. The van der Waals surface area contributed by atoms with Gasteiger partial charge in [0.1, 0.15) is 5.69 Å². The third kappa shape index (κ3) is 2.76. The molecule has 8 nitrogen and oxygen atoms in total. The van der Waals surface area contributed by atoms with Crippen LogP contribution in [-0.2, 0) is 14.1 Å². The van der Waals surface area contributed by atoms with Crippen molar-refractivity contribution in [2.24, 2.45) is 19.8 Å². The van der Waals surface area contributed by atoms with E-state index < -0.39 is 5.91 Å². The molecule has 0 radical (unpaired) electrons. The van der Waals surface area contributed by atoms with Crippen molar-refractivity contribution < 1.29 is 9.59 Å². The van der Waals surface area contributed by atoms with E-state index in [1.54, 1.807) is 53.8 Å². The highest BCUT2D eigenvalue weighted by molar-refractivity contribution is 6.06. The number of aryl methyl sites for hydroxylation is 2. The summed E-state index contributed by atoms with van der Waals surface area (Å²) in [5, 5.41) is 7.03. The molecule has 2 heterocycles. The summed E-state index contributed by atoms with van der Waals surface area (Å²) in [5.74, 6) is -0.540. The smallest absolute Gasteiger partial charge is 0.275 e. The van der Waals surface area contributed by atoms with Gasteiger partial charge in [0.2, 0.25) is 5.91 Å². The van der Waals surface area contributed by atoms with Crippen LogP contribution in [-0.4, -0.2) is 31.1 Å². The number of hydrogen-bond acceptors (Lipinski definition) is 4. The van der Waals surface area contributed by atoms with Crippen molar-refractivity contribution in [3.8, 4) is 11.1 Å². The second-order valence-corrected chi connectivity index (χ2v) is 5.32. The molecule has 2 amide bonds. The van der Waals surface area contributed by atoms with E-state index in [0.717, 1.165) is 0 Å². The third-order valence-electron chi connectivity index (χ3n) is 3.59. The van der Waals surface area contributed by atoms with Gasteiger partial charge in [-0.3, -0.25) is 14.3 Å². The van der Waals surface area contributed by atoms with Crippen LogP contribution in [0.4, 0.5) is 5.82 Å². The number of aromatic nitrogens is 4. The number of carbonyl (C=O) groups is 2. The number of carbonyl (C=O) groups excluding carboxylic acids is 2. The number of nitrogens with one attached hydrogen (secondary N) is 1. The zero-order chi connectivity index (χ0) is 17.3. The van der Waals surface area contributed by atoms with Gasteiger partial charge in [-0.05, 0) is 11.6 Å². The second kappa shape index (κ2) is 5.99. The Kier molecular flexibility index (Phi) is 3.87. The van der Waals surface area contributed by atoms with Gasteiger partial charge in [0.15, 0.2) is 5.82 Å². The summed E-state index contributed by atoms with van der Waals surface area (Å²) in [6.45, 7) is 0. The second-order valence-electron chi connectivity index (χ2n) is 5.32. The van der Waals surface area contributed by atoms with Crippen molar-refractivity contribution in [2.75, 3.05) is 5.32 Å². The molecule has 0 atom stereocenters. The fraction of sp³-hybridized carbons (Fsp3) is 0.125. The number of hydrogen-bond donors (Lipinski definition) is 2. The Morgan fingerprint density at radius 1 is 1.17 bits per heavy atom. The Morgan fingerprint density at radius 3 is 2.58 bits per heavy atom. The van der Waals surface area contributed by atoms with Crippen molar-refractivity contribution in [3.63, 3.8) is 0 Å². The fourth-order valence-electron chi connectivity index (χ4n) is 2.46. The average molecular weight is 324 g/mol. The maximum absolute atomic E-state index is 12.4. The SMILES string of the molecule is Cn1cc(-c2ccccc2C(N)=O)c(NC(=O)c2cncn2C)n1. The van der Waals surface area contributed by atoms with E-state index in [2.05, 4.69) is 15.4 Å². The first-order chi connectivity index (χ1) is 11.5. The molecule has 8 heteroatoms. The van der Waals surface area contributed by atoms with E-state index in [1.807, 2.05) is 0 Å². The highest BCUT2D eigenvalue weighted by Gasteiger charge is 2.19. The molecule has 1 aromatic carbocycles. The van der Waals surface area contributed by atoms with Gasteiger partial charge in [-0.2, -0.15) is 5.10 Å². The number of nitrogens with two attached hydrogens (primary N) is 1. The molecule has 0 aliphatic heterocycles. The van der Waals surface area contributed by atoms with Crippen LogP contribution in [0.1, 0.15) is 20.8 Å². The van der Waals surface area contributed by atoms with Crippen LogP contribution in [0.3, 0.4) is 0 Å². The highest BCUT2D eigenvalue weighted by atomic mass is 16.2. The van der Waals surface area contributed by atoms with Crippen molar-refractivity contribution in [3.05, 3.63) is 54.2 Å². The minimum absolute atomic E-state index is 0.341. The molecule has 3 aromatic rings. The summed E-state index contributed by atoms with van der Waals surface area (Å²) >= 11 is 0. The maximum Gasteiger partial charge on any atom is 0.275 e. The third-order valence-corrected chi connectivity index (χ3v) is 3.59. The standard InChI is InChI=1S/C16H16N6O2/c1-21-9-18-7-13(21)16(24)19-15-12(8-22(2)20-15)10-5-3-4-6-11(10)14(17)23/h3-9H,1-2H3,(H2,17,23)(H,19,20,24). The van der Waals surface area contributed by atoms with E-state index in [-0.39, 0.29) is 5.91 Å². The van der Waals surface area contributed by atoms with Crippen molar-refractivity contribution in [1.82, 2.24) is 19.3 Å². The van der Waals surface area contributed by atoms with E-state index in [0.29, 0.717) is 28.2 Å². The lowest BCUT2D eigenvalue weighted by Gasteiger charge is -2.08. The van der Waals surface area contributed by atoms with Crippen LogP contribution >= 0.6 is 0 Å². The number of nitrogens with zero attached hydrogens (tertiary/aromatic N) is 4. The largest absolute Gasteiger partial charge is 0.366 e. The Balaban J connectivity index is 2.02. The Morgan fingerprint density at radius 2 is 1.92 bits per heavy atom. The number of rotatable bonds is 4. The molecular formula is C16H16N6O2. The first kappa shape index (κ1) is 15.5. The Hall–Kier alpha value is -3.42. The van der Waals surface area contributed by atoms with Gasteiger partial charge in [0, 0.05) is 31.4 Å². The molecule has 0 unspecified atom stereocenters. The van der Waals surface area contributed by atoms with Crippen LogP contribution < -0.4 is 11.1 Å². The number of amides is 2. The van der Waals surface area contributed by atoms with Gasteiger partial charge >= 0.3 is 0 Å². The fourth-order valence-corrected chi connectivity index (χ4v) is 2.46. The molecule has 122 valence electrons. The van der Waals surface area contributed by atoms with E-state index in [4.69, 9.17) is 5.73 Å². The van der Waals surface area contributed by atoms with Crippen LogP contribution in [0.5, 0.6) is 0 Å². The predicted octanol–water partition coefficient (Wildman–Crippen LogP) is 1.17. The lowest BCUT2D eigenvalue weighted by Crippen LogP contribution is -2.17. The monoisotopic (exact) mass is 324 g/mol. The van der Waals surface area contributed by atoms with Gasteiger partial charge in [-0.15, -0.1) is 0 Å². The summed E-state index contributed by atoms with van der Waals surface area (Å²) < 4.78 is 3.17. The quantitative estimate of drug-likeness (QED) is 0.751. The molecule has 0 bridgehead atoms. The highest BCUT2D eigenvalue weighted by Crippen LogP contribution is 2.29. The molecule has 0 saturated carbocycles. The molecule has 0 spiro atoms. The van der Waals surface area contributed by atoms with Gasteiger partial charge < -0.3 is 15.6 Å². The molecule has 2 aromatic heterocycles. The van der Waals surface area contributed by atoms with Crippen LogP contribution in [0, 0.1) is 0 Å². The van der Waals surface area contributed by atoms with E-state index >= 15 is 0 Å². The maximum atomic E-state index is 12.4. The molecule has 24 heavy (non-hydrogen) atoms. The number of imidazole rings is 1. The topological polar surface area (TPSA) is 108 Å². The van der Waals surface area contributed by atoms with Crippen LogP contribution in [0.25, 0.3) is 11.1 Å². The lowest BCUT2D eigenvalue weighted by molar-refractivity contribution is 0.0997. The van der Waals surface area contributed by atoms with Crippen LogP contribution in [0.2, 0.25) is 0 Å². The molecule has 0 saturated heterocycles. The zero-order valence-corrected chi connectivity index (χ0v) is 13.2. The van der Waals surface area contributed by atoms with Crippen LogP contribution in [0.15, 0.2) is 43.0 Å². The molecule has 3 N–H and O–H groups in total. The molecule has 0 fully saturated rings. The molecule has 0 aliphatic rings. The first-order valence-electron chi connectivity index (χ1n) is 7.18. The Bertz CT molecular complexity index is 924. The normalized spacial score (nSPS) is 10.6. The zero-order valence-electron chi connectivity index (χ0n) is 13.2. The summed E-state index contributed by atoms with van der Waals surface area (Å²) in [5.41, 5.74) is 7.43. The predicted molar refractivity (Wildman–Crippen MR) is 88.3 cm³/mol. The lowest BCUT2D eigenvalue weighted by atomic mass is 10.0. The average Bonchev–Trinajstić information content (AvgIpc) is 3.13. The summed E-state index contributed by atoms with van der Waals surface area (Å²) in [7, 11) is 3.46. The minimum Gasteiger partial charge on any atom is -0.366 e. The van der Waals surface area contributed by atoms with Gasteiger partial charge in [-0.1, -0.05) is 18.2 Å². The molecular weight excluding hydrogens is 308 g/mol. The summed E-state index contributed by atoms with van der Waals surface area (Å²) in [6.07, 6.45) is 4.73. The van der Waals surface area contributed by atoms with Gasteiger partial charge in [-0.25, -0.2) is 4.98 Å². The number of benzene rings is 1. The number of primary amides is 1. The molecule has 3 rings (SSSR count). The minimum atomic E-state index is -0.543. The van der Waals surface area contributed by atoms with Gasteiger partial charge in [0.05, 0.1) is 12.5 Å².